The zero-order valence-electron chi connectivity index (χ0n) is 13.1. The van der Waals surface area contributed by atoms with Gasteiger partial charge in [0.2, 0.25) is 11.8 Å². The summed E-state index contributed by atoms with van der Waals surface area (Å²) in [5, 5.41) is 2.36. The van der Waals surface area contributed by atoms with E-state index in [9.17, 15) is 14.4 Å². The van der Waals surface area contributed by atoms with Crippen LogP contribution in [0.15, 0.2) is 23.7 Å². The van der Waals surface area contributed by atoms with E-state index >= 15 is 0 Å². The van der Waals surface area contributed by atoms with Gasteiger partial charge in [-0.3, -0.25) is 19.7 Å². The minimum absolute atomic E-state index is 0.0204. The normalized spacial score (nSPS) is 20.4. The number of thiazole rings is 1. The predicted octanol–water partition coefficient (Wildman–Crippen LogP) is 1.96. The number of nitrogens with zero attached hydrogens (tertiary/aromatic N) is 2. The third-order valence-corrected chi connectivity index (χ3v) is 5.85. The molecule has 0 radical (unpaired) electrons. The van der Waals surface area contributed by atoms with Crippen LogP contribution in [0.4, 0.5) is 0 Å². The molecule has 2 aliphatic heterocycles. The number of carbonyl (C=O) groups is 3. The summed E-state index contributed by atoms with van der Waals surface area (Å²) in [6.45, 7) is 1.14. The van der Waals surface area contributed by atoms with Crippen LogP contribution < -0.4 is 5.32 Å². The molecule has 7 heteroatoms. The number of fused-ring (bicyclic) bond motifs is 1. The highest BCUT2D eigenvalue weighted by Gasteiger charge is 2.42. The van der Waals surface area contributed by atoms with Crippen LogP contribution in [0.5, 0.6) is 0 Å². The number of hydrogen-bond donors (Lipinski definition) is 1. The molecule has 2 aliphatic rings. The molecular formula is C17H17N3O3S. The molecule has 0 saturated carbocycles. The van der Waals surface area contributed by atoms with Crippen LogP contribution in [0.1, 0.15) is 36.0 Å². The monoisotopic (exact) mass is 343 g/mol. The quantitative estimate of drug-likeness (QED) is 0.803. The molecule has 0 atom stereocenters. The summed E-state index contributed by atoms with van der Waals surface area (Å²) in [5.74, 6) is -0.413. The van der Waals surface area contributed by atoms with Gasteiger partial charge in [-0.2, -0.15) is 0 Å². The van der Waals surface area contributed by atoms with Crippen LogP contribution in [0.3, 0.4) is 0 Å². The highest BCUT2D eigenvalue weighted by atomic mass is 32.1. The van der Waals surface area contributed by atoms with Crippen LogP contribution in [-0.2, 0) is 9.59 Å². The number of rotatable bonds is 1. The van der Waals surface area contributed by atoms with Crippen molar-refractivity contribution in [2.75, 3.05) is 13.1 Å². The Morgan fingerprint density at radius 3 is 2.58 bits per heavy atom. The van der Waals surface area contributed by atoms with Crippen molar-refractivity contribution in [1.82, 2.24) is 15.2 Å². The maximum absolute atomic E-state index is 12.9. The molecule has 0 aliphatic carbocycles. The Labute approximate surface area is 142 Å². The molecule has 24 heavy (non-hydrogen) atoms. The van der Waals surface area contributed by atoms with Crippen molar-refractivity contribution in [3.63, 3.8) is 0 Å². The van der Waals surface area contributed by atoms with E-state index in [0.717, 1.165) is 10.2 Å². The fraction of sp³-hybridized carbons (Fsp3) is 0.412. The van der Waals surface area contributed by atoms with Gasteiger partial charge in [0.1, 0.15) is 0 Å². The van der Waals surface area contributed by atoms with Crippen molar-refractivity contribution in [3.8, 4) is 0 Å². The molecule has 4 rings (SSSR count). The summed E-state index contributed by atoms with van der Waals surface area (Å²) in [4.78, 5) is 42.3. The van der Waals surface area contributed by atoms with Crippen LogP contribution in [0.2, 0.25) is 0 Å². The first-order valence-electron chi connectivity index (χ1n) is 8.01. The first-order valence-corrected chi connectivity index (χ1v) is 8.89. The zero-order chi connectivity index (χ0) is 16.7. The molecule has 2 saturated heterocycles. The first-order chi connectivity index (χ1) is 11.6. The molecule has 1 aromatic heterocycles. The van der Waals surface area contributed by atoms with E-state index in [1.165, 1.54) is 11.3 Å². The molecule has 1 aromatic carbocycles. The predicted molar refractivity (Wildman–Crippen MR) is 89.6 cm³/mol. The van der Waals surface area contributed by atoms with E-state index in [1.54, 1.807) is 5.51 Å². The summed E-state index contributed by atoms with van der Waals surface area (Å²) in [5.41, 5.74) is 2.85. The average molecular weight is 343 g/mol. The molecule has 3 heterocycles. The number of nitrogens with one attached hydrogen (secondary N) is 1. The molecule has 0 unspecified atom stereocenters. The number of amides is 3. The van der Waals surface area contributed by atoms with Crippen LogP contribution in [-0.4, -0.2) is 40.7 Å². The topological polar surface area (TPSA) is 79.4 Å². The van der Waals surface area contributed by atoms with Crippen LogP contribution in [0.25, 0.3) is 10.2 Å². The van der Waals surface area contributed by atoms with E-state index < -0.39 is 0 Å². The van der Waals surface area contributed by atoms with Crippen molar-refractivity contribution < 1.29 is 14.4 Å². The number of carbonyl (C=O) groups excluding carboxylic acids is 3. The first kappa shape index (κ1) is 15.3. The van der Waals surface area contributed by atoms with Crippen LogP contribution >= 0.6 is 11.3 Å². The SMILES string of the molecule is O=C1CC2(CCN(C(=O)c3cccc4scnc34)CC2)CC(=O)N1. The van der Waals surface area contributed by atoms with Crippen molar-refractivity contribution >= 4 is 39.3 Å². The molecule has 2 fully saturated rings. The molecule has 3 amide bonds. The Hall–Kier alpha value is -2.28. The standard InChI is InChI=1S/C17H17N3O3S/c21-13-8-17(9-14(22)19-13)4-6-20(7-5-17)16(23)11-2-1-3-12-15(11)18-10-24-12/h1-3,10H,4-9H2,(H,19,21,22). The van der Waals surface area contributed by atoms with Gasteiger partial charge in [-0.25, -0.2) is 4.98 Å². The lowest BCUT2D eigenvalue weighted by Gasteiger charge is -2.43. The van der Waals surface area contributed by atoms with Gasteiger partial charge < -0.3 is 4.90 Å². The van der Waals surface area contributed by atoms with E-state index in [1.807, 2.05) is 23.1 Å². The minimum Gasteiger partial charge on any atom is -0.339 e. The number of imide groups is 1. The van der Waals surface area contributed by atoms with Gasteiger partial charge in [0.15, 0.2) is 0 Å². The summed E-state index contributed by atoms with van der Waals surface area (Å²) in [7, 11) is 0. The lowest BCUT2D eigenvalue weighted by molar-refractivity contribution is -0.139. The highest BCUT2D eigenvalue weighted by Crippen LogP contribution is 2.40. The third-order valence-electron chi connectivity index (χ3n) is 5.05. The molecule has 124 valence electrons. The summed E-state index contributed by atoms with van der Waals surface area (Å²) in [6, 6.07) is 5.65. The average Bonchev–Trinajstić information content (AvgIpc) is 3.02. The fourth-order valence-electron chi connectivity index (χ4n) is 3.75. The number of piperidine rings is 2. The summed E-state index contributed by atoms with van der Waals surface area (Å²) in [6.07, 6.45) is 2.13. The lowest BCUT2D eigenvalue weighted by atomic mass is 9.71. The number of hydrogen-bond acceptors (Lipinski definition) is 5. The van der Waals surface area contributed by atoms with Gasteiger partial charge in [-0.05, 0) is 30.4 Å². The number of benzene rings is 1. The van der Waals surface area contributed by atoms with Gasteiger partial charge in [-0.1, -0.05) is 6.07 Å². The van der Waals surface area contributed by atoms with E-state index in [-0.39, 0.29) is 23.1 Å². The van der Waals surface area contributed by atoms with Crippen molar-refractivity contribution in [2.45, 2.75) is 25.7 Å². The Morgan fingerprint density at radius 1 is 1.17 bits per heavy atom. The molecule has 0 bridgehead atoms. The van der Waals surface area contributed by atoms with Gasteiger partial charge in [-0.15, -0.1) is 11.3 Å². The second kappa shape index (κ2) is 5.66. The smallest absolute Gasteiger partial charge is 0.256 e. The number of likely N-dealkylation sites (tertiary alicyclic amines) is 1. The molecule has 1 spiro atoms. The second-order valence-corrected chi connectivity index (χ2v) is 7.51. The molecule has 1 N–H and O–H groups in total. The second-order valence-electron chi connectivity index (χ2n) is 6.62. The number of aromatic nitrogens is 1. The van der Waals surface area contributed by atoms with E-state index in [0.29, 0.717) is 44.3 Å². The van der Waals surface area contributed by atoms with Crippen molar-refractivity contribution in [1.29, 1.82) is 0 Å². The number of para-hydroxylation sites is 1. The van der Waals surface area contributed by atoms with Crippen LogP contribution in [0, 0.1) is 5.41 Å². The van der Waals surface area contributed by atoms with E-state index in [4.69, 9.17) is 0 Å². The molecule has 6 nitrogen and oxygen atoms in total. The van der Waals surface area contributed by atoms with Crippen molar-refractivity contribution in [2.24, 2.45) is 5.41 Å². The Bertz CT molecular complexity index is 818. The molecular weight excluding hydrogens is 326 g/mol. The van der Waals surface area contributed by atoms with Gasteiger partial charge in [0, 0.05) is 25.9 Å². The van der Waals surface area contributed by atoms with Crippen molar-refractivity contribution in [3.05, 3.63) is 29.3 Å². The minimum atomic E-state index is -0.275. The highest BCUT2D eigenvalue weighted by molar-refractivity contribution is 7.16. The largest absolute Gasteiger partial charge is 0.339 e. The van der Waals surface area contributed by atoms with Gasteiger partial charge >= 0.3 is 0 Å². The maximum atomic E-state index is 12.9. The zero-order valence-corrected chi connectivity index (χ0v) is 13.9. The third kappa shape index (κ3) is 2.58. The van der Waals surface area contributed by atoms with E-state index in [2.05, 4.69) is 10.3 Å². The van der Waals surface area contributed by atoms with Gasteiger partial charge in [0.25, 0.3) is 5.91 Å². The fourth-order valence-corrected chi connectivity index (χ4v) is 4.46. The Kier molecular flexibility index (Phi) is 3.60. The van der Waals surface area contributed by atoms with Gasteiger partial charge in [0.05, 0.1) is 21.3 Å². The summed E-state index contributed by atoms with van der Waals surface area (Å²) < 4.78 is 1.00. The Balaban J connectivity index is 1.51. The Morgan fingerprint density at radius 2 is 1.88 bits per heavy atom. The molecule has 2 aromatic rings. The summed E-state index contributed by atoms with van der Waals surface area (Å²) >= 11 is 1.52. The lowest BCUT2D eigenvalue weighted by Crippen LogP contribution is -2.50. The maximum Gasteiger partial charge on any atom is 0.256 e.